The molecule has 2 heterocycles. The average Bonchev–Trinajstić information content (AvgIpc) is 2.71. The smallest absolute Gasteiger partial charge is 0.261 e. The Balaban J connectivity index is 1.57. The van der Waals surface area contributed by atoms with Gasteiger partial charge < -0.3 is 14.4 Å². The maximum absolute atomic E-state index is 12.1. The Morgan fingerprint density at radius 2 is 1.96 bits per heavy atom. The van der Waals surface area contributed by atoms with E-state index in [2.05, 4.69) is 9.88 Å². The lowest BCUT2D eigenvalue weighted by Gasteiger charge is -2.31. The number of halogens is 2. The van der Waals surface area contributed by atoms with Gasteiger partial charge in [-0.2, -0.15) is 0 Å². The van der Waals surface area contributed by atoms with Gasteiger partial charge in [-0.05, 0) is 44.1 Å². The molecule has 5 nitrogen and oxygen atoms in total. The molecule has 0 saturated carbocycles. The fourth-order valence-corrected chi connectivity index (χ4v) is 3.36. The molecule has 0 spiro atoms. The van der Waals surface area contributed by atoms with Crippen LogP contribution >= 0.6 is 0 Å². The molecular formula is C20H25F2N3O2. The van der Waals surface area contributed by atoms with Crippen molar-refractivity contribution in [1.82, 2.24) is 14.9 Å². The van der Waals surface area contributed by atoms with Crippen molar-refractivity contribution in [3.05, 3.63) is 42.4 Å². The van der Waals surface area contributed by atoms with Crippen molar-refractivity contribution in [3.8, 4) is 17.0 Å². The molecule has 2 aromatic rings. The number of benzene rings is 1. The van der Waals surface area contributed by atoms with E-state index in [9.17, 15) is 8.78 Å². The highest BCUT2D eigenvalue weighted by atomic mass is 19.3. The van der Waals surface area contributed by atoms with Crippen LogP contribution in [0.15, 0.2) is 36.5 Å². The predicted molar refractivity (Wildman–Crippen MR) is 99.3 cm³/mol. The molecule has 0 atom stereocenters. The Kier molecular flexibility index (Phi) is 7.06. The monoisotopic (exact) mass is 377 g/mol. The minimum absolute atomic E-state index is 0.304. The van der Waals surface area contributed by atoms with Gasteiger partial charge in [0, 0.05) is 24.2 Å². The van der Waals surface area contributed by atoms with Crippen LogP contribution in [-0.4, -0.2) is 61.3 Å². The molecule has 1 aromatic carbocycles. The van der Waals surface area contributed by atoms with E-state index in [1.807, 2.05) is 30.3 Å². The molecule has 0 radical (unpaired) electrons. The van der Waals surface area contributed by atoms with Crippen molar-refractivity contribution in [2.45, 2.75) is 25.2 Å². The normalized spacial score (nSPS) is 16.0. The highest BCUT2D eigenvalue weighted by Gasteiger charge is 2.23. The zero-order valence-electron chi connectivity index (χ0n) is 15.5. The van der Waals surface area contributed by atoms with Gasteiger partial charge in [-0.1, -0.05) is 12.1 Å². The fourth-order valence-electron chi connectivity index (χ4n) is 3.36. The van der Waals surface area contributed by atoms with Crippen LogP contribution in [0.2, 0.25) is 0 Å². The number of hydrogen-bond donors (Lipinski definition) is 0. The fraction of sp³-hybridized carbons (Fsp3) is 0.500. The van der Waals surface area contributed by atoms with Gasteiger partial charge in [0.05, 0.1) is 19.4 Å². The summed E-state index contributed by atoms with van der Waals surface area (Å²) in [6, 6.07) is 9.72. The van der Waals surface area contributed by atoms with E-state index >= 15 is 0 Å². The summed E-state index contributed by atoms with van der Waals surface area (Å²) in [7, 11) is 1.65. The Morgan fingerprint density at radius 3 is 2.70 bits per heavy atom. The topological polar surface area (TPSA) is 47.5 Å². The van der Waals surface area contributed by atoms with Crippen molar-refractivity contribution in [1.29, 1.82) is 0 Å². The zero-order valence-corrected chi connectivity index (χ0v) is 15.5. The van der Waals surface area contributed by atoms with E-state index in [0.29, 0.717) is 19.1 Å². The van der Waals surface area contributed by atoms with Crippen LogP contribution in [0.25, 0.3) is 11.3 Å². The molecule has 1 fully saturated rings. The van der Waals surface area contributed by atoms with E-state index < -0.39 is 13.0 Å². The summed E-state index contributed by atoms with van der Waals surface area (Å²) in [4.78, 5) is 11.5. The summed E-state index contributed by atoms with van der Waals surface area (Å²) in [6.07, 6.45) is 1.30. The summed E-state index contributed by atoms with van der Waals surface area (Å²) in [5.74, 6) is 1.95. The third-order valence-corrected chi connectivity index (χ3v) is 4.81. The maximum atomic E-state index is 12.1. The molecule has 1 saturated heterocycles. The van der Waals surface area contributed by atoms with Crippen molar-refractivity contribution in [2.75, 3.05) is 40.0 Å². The molecule has 0 bridgehead atoms. The van der Waals surface area contributed by atoms with Gasteiger partial charge in [0.2, 0.25) is 0 Å². The minimum Gasteiger partial charge on any atom is -0.496 e. The van der Waals surface area contributed by atoms with E-state index in [4.69, 9.17) is 14.5 Å². The summed E-state index contributed by atoms with van der Waals surface area (Å²) in [5.41, 5.74) is 1.82. The number of alkyl halides is 2. The van der Waals surface area contributed by atoms with Crippen LogP contribution in [-0.2, 0) is 4.74 Å². The number of aromatic nitrogens is 2. The maximum Gasteiger partial charge on any atom is 0.261 e. The molecule has 1 aromatic heterocycles. The van der Waals surface area contributed by atoms with Gasteiger partial charge in [-0.15, -0.1) is 0 Å². The second-order valence-corrected chi connectivity index (χ2v) is 6.58. The lowest BCUT2D eigenvalue weighted by molar-refractivity contribution is 0.00783. The first-order chi connectivity index (χ1) is 13.2. The standard InChI is InChI=1S/C20H25F2N3O2/c1-26-18-5-3-2-4-16(18)17-6-9-23-20(24-17)15-7-10-25(11-8-15)12-13-27-14-19(21)22/h2-6,9,15,19H,7-8,10-14H2,1H3. The van der Waals surface area contributed by atoms with Gasteiger partial charge in [-0.3, -0.25) is 0 Å². The van der Waals surface area contributed by atoms with Crippen molar-refractivity contribution in [3.63, 3.8) is 0 Å². The second-order valence-electron chi connectivity index (χ2n) is 6.58. The zero-order chi connectivity index (χ0) is 19.1. The lowest BCUT2D eigenvalue weighted by Crippen LogP contribution is -2.36. The Labute approximate surface area is 158 Å². The summed E-state index contributed by atoms with van der Waals surface area (Å²) in [5, 5.41) is 0. The molecule has 7 heteroatoms. The largest absolute Gasteiger partial charge is 0.496 e. The van der Waals surface area contributed by atoms with Gasteiger partial charge in [-0.25, -0.2) is 18.7 Å². The first-order valence-electron chi connectivity index (χ1n) is 9.22. The SMILES string of the molecule is COc1ccccc1-c1ccnc(C2CCN(CCOCC(F)F)CC2)n1. The van der Waals surface area contributed by atoms with Crippen molar-refractivity contribution >= 4 is 0 Å². The van der Waals surface area contributed by atoms with Crippen LogP contribution < -0.4 is 4.74 Å². The number of ether oxygens (including phenoxy) is 2. The number of piperidine rings is 1. The first-order valence-corrected chi connectivity index (χ1v) is 9.22. The Bertz CT molecular complexity index is 722. The number of para-hydroxylation sites is 1. The molecule has 1 aliphatic rings. The quantitative estimate of drug-likeness (QED) is 0.658. The first kappa shape index (κ1) is 19.6. The van der Waals surface area contributed by atoms with Crippen molar-refractivity contribution in [2.24, 2.45) is 0 Å². The van der Waals surface area contributed by atoms with E-state index in [1.54, 1.807) is 13.3 Å². The van der Waals surface area contributed by atoms with Crippen LogP contribution in [0.1, 0.15) is 24.6 Å². The van der Waals surface area contributed by atoms with Crippen LogP contribution in [0.5, 0.6) is 5.75 Å². The van der Waals surface area contributed by atoms with Crippen LogP contribution in [0, 0.1) is 0 Å². The number of hydrogen-bond acceptors (Lipinski definition) is 5. The average molecular weight is 377 g/mol. The number of methoxy groups -OCH3 is 1. The van der Waals surface area contributed by atoms with Gasteiger partial charge in [0.15, 0.2) is 0 Å². The van der Waals surface area contributed by atoms with Crippen LogP contribution in [0.4, 0.5) is 8.78 Å². The molecule has 146 valence electrons. The third kappa shape index (κ3) is 5.43. The highest BCUT2D eigenvalue weighted by Crippen LogP contribution is 2.30. The molecular weight excluding hydrogens is 352 g/mol. The number of likely N-dealkylation sites (tertiary alicyclic amines) is 1. The molecule has 1 aliphatic heterocycles. The Morgan fingerprint density at radius 1 is 1.19 bits per heavy atom. The summed E-state index contributed by atoms with van der Waals surface area (Å²) < 4.78 is 34.6. The van der Waals surface area contributed by atoms with E-state index in [-0.39, 0.29) is 0 Å². The predicted octanol–water partition coefficient (Wildman–Crippen LogP) is 3.61. The molecule has 27 heavy (non-hydrogen) atoms. The van der Waals surface area contributed by atoms with Gasteiger partial charge in [0.1, 0.15) is 18.2 Å². The summed E-state index contributed by atoms with van der Waals surface area (Å²) >= 11 is 0. The second kappa shape index (κ2) is 9.71. The van der Waals surface area contributed by atoms with E-state index in [0.717, 1.165) is 48.8 Å². The van der Waals surface area contributed by atoms with Crippen LogP contribution in [0.3, 0.4) is 0 Å². The lowest BCUT2D eigenvalue weighted by atomic mass is 9.95. The van der Waals surface area contributed by atoms with Crippen molar-refractivity contribution < 1.29 is 18.3 Å². The molecule has 0 unspecified atom stereocenters. The molecule has 0 aliphatic carbocycles. The number of nitrogens with zero attached hydrogens (tertiary/aromatic N) is 3. The minimum atomic E-state index is -2.40. The highest BCUT2D eigenvalue weighted by molar-refractivity contribution is 5.66. The van der Waals surface area contributed by atoms with Gasteiger partial charge >= 0.3 is 0 Å². The van der Waals surface area contributed by atoms with Gasteiger partial charge in [0.25, 0.3) is 6.43 Å². The number of rotatable bonds is 8. The third-order valence-electron chi connectivity index (χ3n) is 4.81. The molecule has 0 N–H and O–H groups in total. The molecule has 0 amide bonds. The molecule has 3 rings (SSSR count). The van der Waals surface area contributed by atoms with E-state index in [1.165, 1.54) is 0 Å². The Hall–Kier alpha value is -2.12. The summed E-state index contributed by atoms with van der Waals surface area (Å²) in [6.45, 7) is 2.33.